The Bertz CT molecular complexity index is 295. The predicted octanol–water partition coefficient (Wildman–Crippen LogP) is 0.216. The van der Waals surface area contributed by atoms with Crippen LogP contribution in [0, 0.1) is 0 Å². The van der Waals surface area contributed by atoms with Gasteiger partial charge in [-0.15, -0.1) is 0 Å². The number of rotatable bonds is 7. The third kappa shape index (κ3) is 6.57. The Labute approximate surface area is 92.4 Å². The lowest BCUT2D eigenvalue weighted by Crippen LogP contribution is -2.35. The first kappa shape index (κ1) is 14.5. The Kier molecular flexibility index (Phi) is 5.97. The van der Waals surface area contributed by atoms with E-state index in [9.17, 15) is 14.5 Å². The molecule has 0 saturated carbocycles. The number of carboxylic acids is 2. The largest absolute Gasteiger partial charge is 0.481 e. The van der Waals surface area contributed by atoms with Crippen LogP contribution in [-0.4, -0.2) is 39.2 Å². The van der Waals surface area contributed by atoms with Crippen molar-refractivity contribution in [2.45, 2.75) is 25.8 Å². The molecular weight excluding hydrogens is 241 g/mol. The van der Waals surface area contributed by atoms with Crippen molar-refractivity contribution in [2.75, 3.05) is 6.16 Å². The van der Waals surface area contributed by atoms with Gasteiger partial charge in [0.2, 0.25) is 0 Å². The van der Waals surface area contributed by atoms with E-state index >= 15 is 0 Å². The van der Waals surface area contributed by atoms with Gasteiger partial charge in [0, 0.05) is 12.6 Å². The van der Waals surface area contributed by atoms with Crippen molar-refractivity contribution in [3.05, 3.63) is 0 Å². The Morgan fingerprint density at radius 3 is 2.33 bits per heavy atom. The SMILES string of the molecule is CCP(O)(=S)NC(CCC(=O)O)C(=O)O. The number of hydrogen-bond donors (Lipinski definition) is 4. The molecule has 0 amide bonds. The summed E-state index contributed by atoms with van der Waals surface area (Å²) >= 11 is 4.76. The van der Waals surface area contributed by atoms with Crippen LogP contribution in [-0.2, 0) is 21.4 Å². The highest BCUT2D eigenvalue weighted by Crippen LogP contribution is 2.35. The number of aliphatic carboxylic acids is 2. The second kappa shape index (κ2) is 6.17. The monoisotopic (exact) mass is 255 g/mol. The van der Waals surface area contributed by atoms with Gasteiger partial charge < -0.3 is 15.1 Å². The standard InChI is InChI=1S/C7H14NO5PS/c1-2-14(13,15)8-5(7(11)12)3-4-6(9)10/h5H,2-4H2,1H3,(H,9,10)(H,11,12)(H2,8,13,15). The molecule has 6 nitrogen and oxygen atoms in total. The minimum atomic E-state index is -2.83. The summed E-state index contributed by atoms with van der Waals surface area (Å²) in [6.07, 6.45) is -2.94. The summed E-state index contributed by atoms with van der Waals surface area (Å²) < 4.78 is 0. The molecule has 88 valence electrons. The van der Waals surface area contributed by atoms with Crippen molar-refractivity contribution in [1.82, 2.24) is 5.09 Å². The quantitative estimate of drug-likeness (QED) is 0.482. The molecule has 8 heteroatoms. The fourth-order valence-electron chi connectivity index (χ4n) is 0.846. The number of nitrogens with one attached hydrogen (secondary N) is 1. The Hall–Kier alpha value is -0.490. The Morgan fingerprint density at radius 1 is 1.47 bits per heavy atom. The maximum Gasteiger partial charge on any atom is 0.321 e. The van der Waals surface area contributed by atoms with E-state index in [1.165, 1.54) is 0 Å². The van der Waals surface area contributed by atoms with E-state index in [2.05, 4.69) is 5.09 Å². The molecule has 0 bridgehead atoms. The molecule has 0 fully saturated rings. The van der Waals surface area contributed by atoms with Crippen LogP contribution in [0.1, 0.15) is 19.8 Å². The Morgan fingerprint density at radius 2 is 2.00 bits per heavy atom. The van der Waals surface area contributed by atoms with Gasteiger partial charge in [0.1, 0.15) is 12.5 Å². The maximum atomic E-state index is 10.7. The molecule has 0 aromatic rings. The van der Waals surface area contributed by atoms with E-state index in [0.29, 0.717) is 0 Å². The van der Waals surface area contributed by atoms with Crippen LogP contribution in [0.25, 0.3) is 0 Å². The minimum absolute atomic E-state index is 0.0936. The van der Waals surface area contributed by atoms with E-state index in [1.54, 1.807) is 6.92 Å². The predicted molar refractivity (Wildman–Crippen MR) is 58.5 cm³/mol. The van der Waals surface area contributed by atoms with Crippen LogP contribution in [0.5, 0.6) is 0 Å². The van der Waals surface area contributed by atoms with Gasteiger partial charge >= 0.3 is 11.9 Å². The first-order chi connectivity index (χ1) is 6.78. The van der Waals surface area contributed by atoms with Crippen molar-refractivity contribution in [3.8, 4) is 0 Å². The number of carboxylic acid groups (broad SMARTS) is 2. The Balaban J connectivity index is 4.35. The molecular formula is C7H14NO5PS. The molecule has 0 rings (SSSR count). The summed E-state index contributed by atoms with van der Waals surface area (Å²) in [5, 5.41) is 19.6. The molecule has 0 saturated heterocycles. The maximum absolute atomic E-state index is 10.7. The zero-order valence-electron chi connectivity index (χ0n) is 8.21. The minimum Gasteiger partial charge on any atom is -0.481 e. The molecule has 15 heavy (non-hydrogen) atoms. The molecule has 0 spiro atoms. The number of hydrogen-bond acceptors (Lipinski definition) is 3. The first-order valence-corrected chi connectivity index (χ1v) is 7.26. The first-order valence-electron chi connectivity index (χ1n) is 4.32. The van der Waals surface area contributed by atoms with Crippen LogP contribution in [0.3, 0.4) is 0 Å². The van der Waals surface area contributed by atoms with E-state index in [1.807, 2.05) is 0 Å². The third-order valence-electron chi connectivity index (χ3n) is 1.73. The van der Waals surface area contributed by atoms with Crippen molar-refractivity contribution in [2.24, 2.45) is 0 Å². The van der Waals surface area contributed by atoms with Gasteiger partial charge in [-0.1, -0.05) is 18.7 Å². The summed E-state index contributed by atoms with van der Waals surface area (Å²) in [4.78, 5) is 30.5. The fraction of sp³-hybridized carbons (Fsp3) is 0.714. The van der Waals surface area contributed by atoms with Crippen LogP contribution in [0.4, 0.5) is 0 Å². The van der Waals surface area contributed by atoms with Crippen LogP contribution < -0.4 is 5.09 Å². The second-order valence-corrected chi connectivity index (χ2v) is 7.08. The van der Waals surface area contributed by atoms with Gasteiger partial charge in [0.15, 0.2) is 0 Å². The van der Waals surface area contributed by atoms with Gasteiger partial charge in [0.25, 0.3) is 0 Å². The molecule has 4 N–H and O–H groups in total. The summed E-state index contributed by atoms with van der Waals surface area (Å²) in [6, 6.07) is -1.10. The van der Waals surface area contributed by atoms with Gasteiger partial charge in [-0.2, -0.15) is 0 Å². The summed E-state index contributed by atoms with van der Waals surface area (Å²) in [5.74, 6) is -2.28. The summed E-state index contributed by atoms with van der Waals surface area (Å²) in [7, 11) is 0. The number of carbonyl (C=O) groups is 2. The fourth-order valence-corrected chi connectivity index (χ4v) is 2.14. The van der Waals surface area contributed by atoms with Crippen LogP contribution >= 0.6 is 6.42 Å². The van der Waals surface area contributed by atoms with Gasteiger partial charge in [-0.05, 0) is 6.42 Å². The van der Waals surface area contributed by atoms with Gasteiger partial charge in [-0.25, -0.2) is 0 Å². The van der Waals surface area contributed by atoms with E-state index in [0.717, 1.165) is 0 Å². The lowest BCUT2D eigenvalue weighted by atomic mass is 10.2. The molecule has 0 aliphatic carbocycles. The molecule has 2 atom stereocenters. The van der Waals surface area contributed by atoms with E-state index in [4.69, 9.17) is 22.0 Å². The summed E-state index contributed by atoms with van der Waals surface area (Å²) in [6.45, 7) is 1.64. The van der Waals surface area contributed by atoms with Crippen molar-refractivity contribution >= 4 is 30.2 Å². The van der Waals surface area contributed by atoms with Gasteiger partial charge in [-0.3, -0.25) is 14.7 Å². The zero-order chi connectivity index (χ0) is 12.1. The highest BCUT2D eigenvalue weighted by Gasteiger charge is 2.23. The van der Waals surface area contributed by atoms with Crippen molar-refractivity contribution < 1.29 is 24.7 Å². The molecule has 0 aliphatic heterocycles. The van der Waals surface area contributed by atoms with Crippen LogP contribution in [0.2, 0.25) is 0 Å². The molecule has 0 aliphatic rings. The average Bonchev–Trinajstić information content (AvgIpc) is 2.11. The second-order valence-electron chi connectivity index (χ2n) is 2.97. The van der Waals surface area contributed by atoms with Crippen LogP contribution in [0.15, 0.2) is 0 Å². The average molecular weight is 255 g/mol. The van der Waals surface area contributed by atoms with Crippen molar-refractivity contribution in [3.63, 3.8) is 0 Å². The van der Waals surface area contributed by atoms with Gasteiger partial charge in [0.05, 0.1) is 0 Å². The van der Waals surface area contributed by atoms with E-state index < -0.39 is 24.4 Å². The molecule has 2 unspecified atom stereocenters. The normalized spacial score (nSPS) is 16.7. The topological polar surface area (TPSA) is 107 Å². The lowest BCUT2D eigenvalue weighted by molar-refractivity contribution is -0.140. The molecule has 0 aromatic heterocycles. The highest BCUT2D eigenvalue weighted by atomic mass is 32.4. The molecule has 0 heterocycles. The third-order valence-corrected chi connectivity index (χ3v) is 4.39. The summed E-state index contributed by atoms with van der Waals surface area (Å²) in [5.41, 5.74) is 0. The lowest BCUT2D eigenvalue weighted by Gasteiger charge is -2.20. The molecule has 0 aromatic carbocycles. The zero-order valence-corrected chi connectivity index (χ0v) is 9.92. The smallest absolute Gasteiger partial charge is 0.321 e. The van der Waals surface area contributed by atoms with E-state index in [-0.39, 0.29) is 19.0 Å². The van der Waals surface area contributed by atoms with Crippen molar-refractivity contribution in [1.29, 1.82) is 0 Å². The highest BCUT2D eigenvalue weighted by molar-refractivity contribution is 8.10. The molecule has 0 radical (unpaired) electrons.